The minimum Gasteiger partial charge on any atom is -0.337 e. The van der Waals surface area contributed by atoms with Gasteiger partial charge < -0.3 is 10.6 Å². The number of rotatable bonds is 3. The van der Waals surface area contributed by atoms with E-state index >= 15 is 0 Å². The smallest absolute Gasteiger partial charge is 0.247 e. The van der Waals surface area contributed by atoms with Crippen LogP contribution in [0.15, 0.2) is 60.7 Å². The summed E-state index contributed by atoms with van der Waals surface area (Å²) in [6, 6.07) is 20.2. The van der Waals surface area contributed by atoms with Gasteiger partial charge in [0.15, 0.2) is 0 Å². The van der Waals surface area contributed by atoms with E-state index in [1.807, 2.05) is 48.2 Å². The highest BCUT2D eigenvalue weighted by molar-refractivity contribution is 5.87. The first-order valence-corrected chi connectivity index (χ1v) is 8.22. The van der Waals surface area contributed by atoms with Gasteiger partial charge in [-0.15, -0.1) is 0 Å². The molecule has 1 aliphatic heterocycles. The van der Waals surface area contributed by atoms with Crippen LogP contribution in [0.5, 0.6) is 0 Å². The second-order valence-electron chi connectivity index (χ2n) is 6.61. The molecule has 1 aliphatic rings. The first-order valence-electron chi connectivity index (χ1n) is 8.22. The highest BCUT2D eigenvalue weighted by atomic mass is 16.2. The number of carbonyl (C=O) groups is 1. The van der Waals surface area contributed by atoms with E-state index in [1.54, 1.807) is 0 Å². The number of hydrogen-bond donors (Lipinski definition) is 1. The topological polar surface area (TPSA) is 46.3 Å². The molecule has 3 atom stereocenters. The van der Waals surface area contributed by atoms with Crippen molar-refractivity contribution in [1.82, 2.24) is 4.90 Å². The maximum Gasteiger partial charge on any atom is 0.247 e. The van der Waals surface area contributed by atoms with E-state index < -0.39 is 5.54 Å². The molecule has 0 saturated carbocycles. The van der Waals surface area contributed by atoms with Crippen molar-refractivity contribution in [3.8, 4) is 0 Å². The van der Waals surface area contributed by atoms with Crippen molar-refractivity contribution in [2.24, 2.45) is 5.73 Å². The van der Waals surface area contributed by atoms with Gasteiger partial charge in [-0.3, -0.25) is 4.79 Å². The van der Waals surface area contributed by atoms with Crippen molar-refractivity contribution in [2.45, 2.75) is 37.8 Å². The monoisotopic (exact) mass is 308 g/mol. The van der Waals surface area contributed by atoms with Gasteiger partial charge in [0.05, 0.1) is 0 Å². The van der Waals surface area contributed by atoms with Crippen LogP contribution in [0.25, 0.3) is 0 Å². The van der Waals surface area contributed by atoms with Crippen LogP contribution in [0, 0.1) is 0 Å². The zero-order valence-electron chi connectivity index (χ0n) is 13.8. The Bertz CT molecular complexity index is 667. The Morgan fingerprint density at radius 3 is 2.26 bits per heavy atom. The summed E-state index contributed by atoms with van der Waals surface area (Å²) in [5.74, 6) is 0.390. The molecule has 2 aromatic carbocycles. The van der Waals surface area contributed by atoms with Crippen LogP contribution < -0.4 is 5.73 Å². The molecule has 3 rings (SSSR count). The van der Waals surface area contributed by atoms with E-state index in [9.17, 15) is 4.79 Å². The highest BCUT2D eigenvalue weighted by Gasteiger charge is 2.41. The molecule has 2 N–H and O–H groups in total. The van der Waals surface area contributed by atoms with Crippen LogP contribution in [0.2, 0.25) is 0 Å². The molecular formula is C20H24N2O. The fraction of sp³-hybridized carbons (Fsp3) is 0.350. The summed E-state index contributed by atoms with van der Waals surface area (Å²) in [5.41, 5.74) is 7.59. The largest absolute Gasteiger partial charge is 0.337 e. The molecule has 23 heavy (non-hydrogen) atoms. The maximum atomic E-state index is 13.1. The SMILES string of the molecule is CC1C(c2ccccc2)CCN1C(=O)C(C)(N)c1ccccc1. The molecule has 0 spiro atoms. The molecule has 3 heteroatoms. The van der Waals surface area contributed by atoms with Crippen molar-refractivity contribution < 1.29 is 4.79 Å². The zero-order chi connectivity index (χ0) is 16.4. The molecule has 0 bridgehead atoms. The Hall–Kier alpha value is -2.13. The fourth-order valence-corrected chi connectivity index (χ4v) is 3.58. The van der Waals surface area contributed by atoms with Gasteiger partial charge in [0, 0.05) is 18.5 Å². The van der Waals surface area contributed by atoms with E-state index in [-0.39, 0.29) is 11.9 Å². The summed E-state index contributed by atoms with van der Waals surface area (Å²) in [7, 11) is 0. The predicted octanol–water partition coefficient (Wildman–Crippen LogP) is 3.27. The summed E-state index contributed by atoms with van der Waals surface area (Å²) < 4.78 is 0. The first-order chi connectivity index (χ1) is 11.0. The number of amides is 1. The second kappa shape index (κ2) is 6.17. The van der Waals surface area contributed by atoms with E-state index in [1.165, 1.54) is 5.56 Å². The van der Waals surface area contributed by atoms with Gasteiger partial charge in [-0.05, 0) is 31.4 Å². The van der Waals surface area contributed by atoms with E-state index in [2.05, 4.69) is 31.2 Å². The molecule has 2 aromatic rings. The molecule has 120 valence electrons. The minimum atomic E-state index is -0.985. The van der Waals surface area contributed by atoms with E-state index in [0.717, 1.165) is 18.5 Å². The van der Waals surface area contributed by atoms with Crippen LogP contribution >= 0.6 is 0 Å². The third-order valence-electron chi connectivity index (χ3n) is 5.06. The quantitative estimate of drug-likeness (QED) is 0.946. The Labute approximate surface area is 138 Å². The summed E-state index contributed by atoms with van der Waals surface area (Å²) in [5, 5.41) is 0. The van der Waals surface area contributed by atoms with E-state index in [0.29, 0.717) is 5.92 Å². The number of benzene rings is 2. The third kappa shape index (κ3) is 2.89. The lowest BCUT2D eigenvalue weighted by atomic mass is 9.90. The van der Waals surface area contributed by atoms with Gasteiger partial charge in [0.1, 0.15) is 5.54 Å². The standard InChI is InChI=1S/C20H24N2O/c1-15-18(16-9-5-3-6-10-16)13-14-22(15)19(23)20(2,21)17-11-7-4-8-12-17/h3-12,15,18H,13-14,21H2,1-2H3. The Balaban J connectivity index is 1.81. The summed E-state index contributed by atoms with van der Waals surface area (Å²) >= 11 is 0. The summed E-state index contributed by atoms with van der Waals surface area (Å²) in [6.07, 6.45) is 0.988. The molecule has 1 saturated heterocycles. The molecule has 1 heterocycles. The van der Waals surface area contributed by atoms with Crippen molar-refractivity contribution in [2.75, 3.05) is 6.54 Å². The number of carbonyl (C=O) groups excluding carboxylic acids is 1. The average Bonchev–Trinajstić information content (AvgIpc) is 2.97. The lowest BCUT2D eigenvalue weighted by Gasteiger charge is -2.33. The molecule has 0 aromatic heterocycles. The van der Waals surface area contributed by atoms with Gasteiger partial charge in [0.2, 0.25) is 5.91 Å². The molecule has 0 radical (unpaired) electrons. The number of nitrogens with two attached hydrogens (primary N) is 1. The van der Waals surface area contributed by atoms with Gasteiger partial charge in [-0.1, -0.05) is 60.7 Å². The lowest BCUT2D eigenvalue weighted by Crippen LogP contribution is -2.52. The first kappa shape index (κ1) is 15.8. The van der Waals surface area contributed by atoms with Gasteiger partial charge >= 0.3 is 0 Å². The van der Waals surface area contributed by atoms with Gasteiger partial charge in [-0.25, -0.2) is 0 Å². The Kier molecular flexibility index (Phi) is 4.22. The second-order valence-corrected chi connectivity index (χ2v) is 6.61. The predicted molar refractivity (Wildman–Crippen MR) is 93.0 cm³/mol. The third-order valence-corrected chi connectivity index (χ3v) is 5.06. The van der Waals surface area contributed by atoms with Crippen LogP contribution in [0.1, 0.15) is 37.3 Å². The Morgan fingerprint density at radius 1 is 1.09 bits per heavy atom. The van der Waals surface area contributed by atoms with Crippen LogP contribution in [-0.4, -0.2) is 23.4 Å². The van der Waals surface area contributed by atoms with Gasteiger partial charge in [-0.2, -0.15) is 0 Å². The normalized spacial score (nSPS) is 23.5. The molecule has 1 fully saturated rings. The highest BCUT2D eigenvalue weighted by Crippen LogP contribution is 2.35. The fourth-order valence-electron chi connectivity index (χ4n) is 3.58. The molecule has 1 amide bonds. The van der Waals surface area contributed by atoms with Crippen molar-refractivity contribution in [3.63, 3.8) is 0 Å². The molecule has 0 aliphatic carbocycles. The Morgan fingerprint density at radius 2 is 1.65 bits per heavy atom. The maximum absolute atomic E-state index is 13.1. The van der Waals surface area contributed by atoms with Crippen molar-refractivity contribution >= 4 is 5.91 Å². The number of nitrogens with zero attached hydrogens (tertiary/aromatic N) is 1. The summed E-state index contributed by atoms with van der Waals surface area (Å²) in [4.78, 5) is 15.0. The minimum absolute atomic E-state index is 0.00892. The van der Waals surface area contributed by atoms with Gasteiger partial charge in [0.25, 0.3) is 0 Å². The van der Waals surface area contributed by atoms with E-state index in [4.69, 9.17) is 5.73 Å². The number of hydrogen-bond acceptors (Lipinski definition) is 2. The van der Waals surface area contributed by atoms with Crippen LogP contribution in [0.4, 0.5) is 0 Å². The van der Waals surface area contributed by atoms with Crippen LogP contribution in [-0.2, 0) is 10.3 Å². The van der Waals surface area contributed by atoms with Crippen LogP contribution in [0.3, 0.4) is 0 Å². The van der Waals surface area contributed by atoms with Crippen molar-refractivity contribution in [3.05, 3.63) is 71.8 Å². The lowest BCUT2D eigenvalue weighted by molar-refractivity contribution is -0.137. The molecule has 3 nitrogen and oxygen atoms in total. The van der Waals surface area contributed by atoms with Crippen molar-refractivity contribution in [1.29, 1.82) is 0 Å². The average molecular weight is 308 g/mol. The molecule has 3 unspecified atom stereocenters. The number of likely N-dealkylation sites (tertiary alicyclic amines) is 1. The summed E-state index contributed by atoms with van der Waals surface area (Å²) in [6.45, 7) is 4.70. The zero-order valence-corrected chi connectivity index (χ0v) is 13.8. The molecular weight excluding hydrogens is 284 g/mol.